The molecular weight excluding hydrogens is 182 g/mol. The van der Waals surface area contributed by atoms with Gasteiger partial charge in [0.1, 0.15) is 5.78 Å². The predicted octanol–water partition coefficient (Wildman–Crippen LogP) is 2.36. The van der Waals surface area contributed by atoms with E-state index in [0.717, 1.165) is 30.0 Å². The molecular formula is C10H13NOS. The van der Waals surface area contributed by atoms with Crippen molar-refractivity contribution < 1.29 is 4.79 Å². The number of nitrogens with zero attached hydrogens (tertiary/aromatic N) is 1. The van der Waals surface area contributed by atoms with Crippen LogP contribution in [0.4, 0.5) is 0 Å². The molecule has 13 heavy (non-hydrogen) atoms. The van der Waals surface area contributed by atoms with Crippen LogP contribution >= 0.6 is 11.3 Å². The van der Waals surface area contributed by atoms with Crippen LogP contribution < -0.4 is 0 Å². The van der Waals surface area contributed by atoms with Gasteiger partial charge in [-0.25, -0.2) is 4.98 Å². The van der Waals surface area contributed by atoms with Crippen molar-refractivity contribution in [3.8, 4) is 0 Å². The second kappa shape index (κ2) is 2.91. The largest absolute Gasteiger partial charge is 0.299 e. The van der Waals surface area contributed by atoms with Gasteiger partial charge in [-0.15, -0.1) is 11.3 Å². The molecule has 0 N–H and O–H groups in total. The summed E-state index contributed by atoms with van der Waals surface area (Å²) in [4.78, 5) is 15.7. The zero-order valence-corrected chi connectivity index (χ0v) is 8.78. The zero-order chi connectivity index (χ0) is 9.47. The minimum absolute atomic E-state index is 0.0235. The summed E-state index contributed by atoms with van der Waals surface area (Å²) in [5, 5.41) is 3.16. The summed E-state index contributed by atoms with van der Waals surface area (Å²) in [6, 6.07) is 0. The molecule has 0 aromatic carbocycles. The smallest absolute Gasteiger partial charge is 0.136 e. The molecule has 1 aliphatic rings. The van der Waals surface area contributed by atoms with E-state index in [1.165, 1.54) is 0 Å². The van der Waals surface area contributed by atoms with Crippen molar-refractivity contribution in [2.45, 2.75) is 33.1 Å². The van der Waals surface area contributed by atoms with Gasteiger partial charge in [0.2, 0.25) is 0 Å². The molecule has 0 spiro atoms. The van der Waals surface area contributed by atoms with E-state index in [4.69, 9.17) is 0 Å². The van der Waals surface area contributed by atoms with E-state index >= 15 is 0 Å². The molecule has 0 bridgehead atoms. The molecule has 2 rings (SSSR count). The molecule has 2 nitrogen and oxygen atoms in total. The van der Waals surface area contributed by atoms with Crippen molar-refractivity contribution in [3.05, 3.63) is 16.1 Å². The third-order valence-corrected chi connectivity index (χ3v) is 3.72. The molecule has 0 radical (unpaired) electrons. The minimum Gasteiger partial charge on any atom is -0.299 e. The van der Waals surface area contributed by atoms with E-state index in [1.54, 1.807) is 18.3 Å². The van der Waals surface area contributed by atoms with Gasteiger partial charge in [-0.3, -0.25) is 4.79 Å². The monoisotopic (exact) mass is 195 g/mol. The first-order valence-corrected chi connectivity index (χ1v) is 5.42. The van der Waals surface area contributed by atoms with Crippen LogP contribution in [-0.2, 0) is 11.2 Å². The molecule has 0 amide bonds. The number of ketones is 1. The van der Waals surface area contributed by atoms with E-state index in [-0.39, 0.29) is 5.41 Å². The highest BCUT2D eigenvalue weighted by molar-refractivity contribution is 7.09. The number of rotatable bonds is 3. The Kier molecular flexibility index (Phi) is 1.99. The molecule has 0 aliphatic heterocycles. The first-order valence-electron chi connectivity index (χ1n) is 4.54. The minimum atomic E-state index is -0.0235. The topological polar surface area (TPSA) is 30.0 Å². The third-order valence-electron chi connectivity index (χ3n) is 2.76. The van der Waals surface area contributed by atoms with Crippen molar-refractivity contribution in [1.29, 1.82) is 0 Å². The standard InChI is InChI=1S/C10H13NOS/c1-7-6-13-9(11-7)5-10(3-4-10)8(2)12/h6H,3-5H2,1-2H3. The molecule has 0 atom stereocenters. The van der Waals surface area contributed by atoms with Gasteiger partial charge >= 0.3 is 0 Å². The van der Waals surface area contributed by atoms with Gasteiger partial charge in [-0.05, 0) is 26.7 Å². The molecule has 3 heteroatoms. The summed E-state index contributed by atoms with van der Waals surface area (Å²) >= 11 is 1.67. The van der Waals surface area contributed by atoms with Crippen LogP contribution in [0, 0.1) is 12.3 Å². The lowest BCUT2D eigenvalue weighted by atomic mass is 9.98. The Bertz CT molecular complexity index is 338. The summed E-state index contributed by atoms with van der Waals surface area (Å²) in [6.07, 6.45) is 2.97. The molecule has 0 unspecified atom stereocenters. The lowest BCUT2D eigenvalue weighted by Gasteiger charge is -2.07. The number of hydrogen-bond acceptors (Lipinski definition) is 3. The van der Waals surface area contributed by atoms with Crippen molar-refractivity contribution in [2.24, 2.45) is 5.41 Å². The Morgan fingerprint density at radius 1 is 1.69 bits per heavy atom. The fourth-order valence-electron chi connectivity index (χ4n) is 1.58. The molecule has 1 aromatic rings. The lowest BCUT2D eigenvalue weighted by Crippen LogP contribution is -2.14. The SMILES string of the molecule is CC(=O)C1(Cc2nc(C)cs2)CC1. The Labute approximate surface area is 82.0 Å². The molecule has 1 aromatic heterocycles. The number of carbonyl (C=O) groups is 1. The second-order valence-electron chi connectivity index (χ2n) is 3.90. The normalized spacial score (nSPS) is 18.6. The molecule has 1 fully saturated rings. The molecule has 70 valence electrons. The van der Waals surface area contributed by atoms with Gasteiger partial charge in [-0.2, -0.15) is 0 Å². The Hall–Kier alpha value is -0.700. The summed E-state index contributed by atoms with van der Waals surface area (Å²) in [5.74, 6) is 0.334. The maximum Gasteiger partial charge on any atom is 0.136 e. The van der Waals surface area contributed by atoms with Crippen LogP contribution in [0.25, 0.3) is 0 Å². The number of aryl methyl sites for hydroxylation is 1. The highest BCUT2D eigenvalue weighted by Gasteiger charge is 2.47. The van der Waals surface area contributed by atoms with Gasteiger partial charge in [-0.1, -0.05) is 0 Å². The summed E-state index contributed by atoms with van der Waals surface area (Å²) in [5.41, 5.74) is 1.05. The van der Waals surface area contributed by atoms with E-state index in [2.05, 4.69) is 4.98 Å². The lowest BCUT2D eigenvalue weighted by molar-refractivity contribution is -0.121. The van der Waals surface area contributed by atoms with Gasteiger partial charge < -0.3 is 0 Å². The fourth-order valence-corrected chi connectivity index (χ4v) is 2.49. The summed E-state index contributed by atoms with van der Waals surface area (Å²) in [7, 11) is 0. The predicted molar refractivity (Wildman–Crippen MR) is 52.9 cm³/mol. The number of hydrogen-bond donors (Lipinski definition) is 0. The molecule has 0 saturated heterocycles. The quantitative estimate of drug-likeness (QED) is 0.741. The van der Waals surface area contributed by atoms with Crippen LogP contribution in [0.5, 0.6) is 0 Å². The number of carbonyl (C=O) groups excluding carboxylic acids is 1. The van der Waals surface area contributed by atoms with E-state index < -0.39 is 0 Å². The maximum atomic E-state index is 11.3. The maximum absolute atomic E-state index is 11.3. The van der Waals surface area contributed by atoms with Crippen molar-refractivity contribution in [1.82, 2.24) is 4.98 Å². The van der Waals surface area contributed by atoms with Crippen LogP contribution in [0.3, 0.4) is 0 Å². The van der Waals surface area contributed by atoms with Crippen LogP contribution in [0.2, 0.25) is 0 Å². The summed E-state index contributed by atoms with van der Waals surface area (Å²) in [6.45, 7) is 3.70. The Morgan fingerprint density at radius 2 is 2.38 bits per heavy atom. The van der Waals surface area contributed by atoms with Crippen molar-refractivity contribution >= 4 is 17.1 Å². The highest BCUT2D eigenvalue weighted by atomic mass is 32.1. The number of Topliss-reactive ketones (excluding diaryl/α,β-unsaturated/α-hetero) is 1. The van der Waals surface area contributed by atoms with E-state index in [1.807, 2.05) is 12.3 Å². The van der Waals surface area contributed by atoms with Gasteiger partial charge in [0.05, 0.1) is 5.01 Å². The van der Waals surface area contributed by atoms with Gasteiger partial charge in [0.25, 0.3) is 0 Å². The first kappa shape index (κ1) is 8.88. The summed E-state index contributed by atoms with van der Waals surface area (Å²) < 4.78 is 0. The van der Waals surface area contributed by atoms with Gasteiger partial charge in [0, 0.05) is 22.9 Å². The third kappa shape index (κ3) is 1.66. The Morgan fingerprint density at radius 3 is 2.77 bits per heavy atom. The van der Waals surface area contributed by atoms with Crippen LogP contribution in [0.1, 0.15) is 30.5 Å². The zero-order valence-electron chi connectivity index (χ0n) is 7.96. The molecule has 1 saturated carbocycles. The van der Waals surface area contributed by atoms with E-state index in [9.17, 15) is 4.79 Å². The highest BCUT2D eigenvalue weighted by Crippen LogP contribution is 2.49. The molecule has 1 heterocycles. The first-order chi connectivity index (χ1) is 6.12. The van der Waals surface area contributed by atoms with Crippen molar-refractivity contribution in [2.75, 3.05) is 0 Å². The molecule has 1 aliphatic carbocycles. The average Bonchev–Trinajstić information content (AvgIpc) is 2.72. The fraction of sp³-hybridized carbons (Fsp3) is 0.600. The van der Waals surface area contributed by atoms with Gasteiger partial charge in [0.15, 0.2) is 0 Å². The van der Waals surface area contributed by atoms with Crippen LogP contribution in [0.15, 0.2) is 5.38 Å². The Balaban J connectivity index is 2.10. The average molecular weight is 195 g/mol. The van der Waals surface area contributed by atoms with E-state index in [0.29, 0.717) is 5.78 Å². The van der Waals surface area contributed by atoms with Crippen LogP contribution in [-0.4, -0.2) is 10.8 Å². The number of aromatic nitrogens is 1. The second-order valence-corrected chi connectivity index (χ2v) is 4.84. The number of thiazole rings is 1. The van der Waals surface area contributed by atoms with Crippen molar-refractivity contribution in [3.63, 3.8) is 0 Å².